The van der Waals surface area contributed by atoms with Gasteiger partial charge in [0.15, 0.2) is 11.6 Å². The molecule has 0 radical (unpaired) electrons. The molecule has 21 heavy (non-hydrogen) atoms. The number of benzene rings is 2. The molecule has 2 aromatic rings. The molecule has 0 saturated heterocycles. The summed E-state index contributed by atoms with van der Waals surface area (Å²) in [4.78, 5) is 11.8. The lowest BCUT2D eigenvalue weighted by Crippen LogP contribution is -2.26. The highest BCUT2D eigenvalue weighted by Gasteiger charge is 2.09. The van der Waals surface area contributed by atoms with Crippen LogP contribution in [0.1, 0.15) is 15.9 Å². The van der Waals surface area contributed by atoms with Crippen LogP contribution in [0, 0.1) is 11.6 Å². The van der Waals surface area contributed by atoms with Crippen molar-refractivity contribution in [1.29, 1.82) is 0 Å². The van der Waals surface area contributed by atoms with Gasteiger partial charge < -0.3 is 10.1 Å². The third-order valence-electron chi connectivity index (χ3n) is 3.05. The van der Waals surface area contributed by atoms with E-state index >= 15 is 0 Å². The standard InChI is InChI=1S/C16H15F2NO2/c1-21-15-5-3-2-4-11(15)8-9-19-16(20)12-6-7-13(17)14(18)10-12/h2-7,10H,8-9H2,1H3,(H,19,20). The molecule has 0 heterocycles. The summed E-state index contributed by atoms with van der Waals surface area (Å²) in [7, 11) is 1.58. The van der Waals surface area contributed by atoms with Gasteiger partial charge in [-0.05, 0) is 36.2 Å². The number of hydrogen-bond donors (Lipinski definition) is 1. The normalized spacial score (nSPS) is 10.2. The van der Waals surface area contributed by atoms with E-state index in [9.17, 15) is 13.6 Å². The highest BCUT2D eigenvalue weighted by molar-refractivity contribution is 5.94. The molecule has 1 amide bonds. The Labute approximate surface area is 121 Å². The highest BCUT2D eigenvalue weighted by Crippen LogP contribution is 2.17. The van der Waals surface area contributed by atoms with Gasteiger partial charge in [0.25, 0.3) is 5.91 Å². The molecule has 3 nitrogen and oxygen atoms in total. The van der Waals surface area contributed by atoms with Crippen molar-refractivity contribution >= 4 is 5.91 Å². The first-order valence-corrected chi connectivity index (χ1v) is 6.47. The van der Waals surface area contributed by atoms with E-state index in [-0.39, 0.29) is 5.56 Å². The predicted molar refractivity (Wildman–Crippen MR) is 75.4 cm³/mol. The maximum atomic E-state index is 13.1. The van der Waals surface area contributed by atoms with Gasteiger partial charge >= 0.3 is 0 Å². The van der Waals surface area contributed by atoms with Gasteiger partial charge in [-0.3, -0.25) is 4.79 Å². The van der Waals surface area contributed by atoms with Crippen molar-refractivity contribution in [2.45, 2.75) is 6.42 Å². The highest BCUT2D eigenvalue weighted by atomic mass is 19.2. The summed E-state index contributed by atoms with van der Waals surface area (Å²) in [6.07, 6.45) is 0.583. The Morgan fingerprint density at radius 3 is 2.62 bits per heavy atom. The van der Waals surface area contributed by atoms with Crippen molar-refractivity contribution in [3.63, 3.8) is 0 Å². The molecular formula is C16H15F2NO2. The molecule has 0 aliphatic carbocycles. The van der Waals surface area contributed by atoms with Crippen LogP contribution in [0.25, 0.3) is 0 Å². The summed E-state index contributed by atoms with van der Waals surface area (Å²) in [5, 5.41) is 2.66. The van der Waals surface area contributed by atoms with E-state index < -0.39 is 17.5 Å². The van der Waals surface area contributed by atoms with Crippen LogP contribution < -0.4 is 10.1 Å². The molecule has 0 aliphatic rings. The molecule has 0 spiro atoms. The first kappa shape index (κ1) is 15.0. The Kier molecular flexibility index (Phi) is 4.87. The van der Waals surface area contributed by atoms with Crippen LogP contribution in [-0.2, 0) is 6.42 Å². The number of rotatable bonds is 5. The van der Waals surface area contributed by atoms with Gasteiger partial charge in [0.05, 0.1) is 7.11 Å². The Morgan fingerprint density at radius 1 is 1.14 bits per heavy atom. The van der Waals surface area contributed by atoms with Gasteiger partial charge in [-0.15, -0.1) is 0 Å². The fourth-order valence-electron chi connectivity index (χ4n) is 1.96. The van der Waals surface area contributed by atoms with Gasteiger partial charge in [-0.2, -0.15) is 0 Å². The Balaban J connectivity index is 1.93. The SMILES string of the molecule is COc1ccccc1CCNC(=O)c1ccc(F)c(F)c1. The van der Waals surface area contributed by atoms with Gasteiger partial charge in [-0.25, -0.2) is 8.78 Å². The van der Waals surface area contributed by atoms with Crippen molar-refractivity contribution in [3.05, 3.63) is 65.2 Å². The average Bonchev–Trinajstić information content (AvgIpc) is 2.50. The third-order valence-corrected chi connectivity index (χ3v) is 3.05. The van der Waals surface area contributed by atoms with Gasteiger partial charge in [0.1, 0.15) is 5.75 Å². The van der Waals surface area contributed by atoms with Crippen LogP contribution in [0.2, 0.25) is 0 Å². The van der Waals surface area contributed by atoms with Crippen LogP contribution in [0.3, 0.4) is 0 Å². The topological polar surface area (TPSA) is 38.3 Å². The molecule has 2 rings (SSSR count). The Hall–Kier alpha value is -2.43. The number of hydrogen-bond acceptors (Lipinski definition) is 2. The number of carbonyl (C=O) groups excluding carboxylic acids is 1. The van der Waals surface area contributed by atoms with E-state index in [0.29, 0.717) is 13.0 Å². The lowest BCUT2D eigenvalue weighted by Gasteiger charge is -2.09. The molecule has 0 saturated carbocycles. The number of nitrogens with one attached hydrogen (secondary N) is 1. The van der Waals surface area contributed by atoms with Crippen LogP contribution >= 0.6 is 0 Å². The van der Waals surface area contributed by atoms with Crippen LogP contribution in [0.15, 0.2) is 42.5 Å². The molecule has 0 aliphatic heterocycles. The fraction of sp³-hybridized carbons (Fsp3) is 0.188. The second kappa shape index (κ2) is 6.83. The summed E-state index contributed by atoms with van der Waals surface area (Å²) in [6.45, 7) is 0.373. The molecule has 0 bridgehead atoms. The lowest BCUT2D eigenvalue weighted by atomic mass is 10.1. The Morgan fingerprint density at radius 2 is 1.90 bits per heavy atom. The fourth-order valence-corrected chi connectivity index (χ4v) is 1.96. The number of methoxy groups -OCH3 is 1. The average molecular weight is 291 g/mol. The number of carbonyl (C=O) groups is 1. The molecule has 0 atom stereocenters. The number of para-hydroxylation sites is 1. The third kappa shape index (κ3) is 3.78. The minimum Gasteiger partial charge on any atom is -0.496 e. The smallest absolute Gasteiger partial charge is 0.251 e. The van der Waals surface area contributed by atoms with Gasteiger partial charge in [-0.1, -0.05) is 18.2 Å². The molecule has 2 aromatic carbocycles. The van der Waals surface area contributed by atoms with Crippen LogP contribution in [-0.4, -0.2) is 19.6 Å². The second-order valence-corrected chi connectivity index (χ2v) is 4.45. The Bertz CT molecular complexity index is 644. The van der Waals surface area contributed by atoms with Crippen molar-refractivity contribution in [2.24, 2.45) is 0 Å². The molecule has 0 unspecified atom stereocenters. The van der Waals surface area contributed by atoms with Gasteiger partial charge in [0, 0.05) is 12.1 Å². The van der Waals surface area contributed by atoms with Crippen molar-refractivity contribution in [2.75, 3.05) is 13.7 Å². The summed E-state index contributed by atoms with van der Waals surface area (Å²) >= 11 is 0. The summed E-state index contributed by atoms with van der Waals surface area (Å²) in [5.74, 6) is -1.70. The first-order valence-electron chi connectivity index (χ1n) is 6.47. The quantitative estimate of drug-likeness (QED) is 0.920. The van der Waals surface area contributed by atoms with E-state index in [0.717, 1.165) is 23.4 Å². The zero-order valence-corrected chi connectivity index (χ0v) is 11.5. The zero-order chi connectivity index (χ0) is 15.2. The summed E-state index contributed by atoms with van der Waals surface area (Å²) < 4.78 is 31.1. The molecule has 0 fully saturated rings. The van der Waals surface area contributed by atoms with Crippen LogP contribution in [0.5, 0.6) is 5.75 Å². The molecule has 5 heteroatoms. The van der Waals surface area contributed by atoms with E-state index in [1.54, 1.807) is 7.11 Å². The van der Waals surface area contributed by atoms with Crippen LogP contribution in [0.4, 0.5) is 8.78 Å². The van der Waals surface area contributed by atoms with E-state index in [2.05, 4.69) is 5.32 Å². The monoisotopic (exact) mass is 291 g/mol. The number of halogens is 2. The minimum atomic E-state index is -1.03. The second-order valence-electron chi connectivity index (χ2n) is 4.45. The minimum absolute atomic E-state index is 0.0916. The molecule has 0 aromatic heterocycles. The summed E-state index contributed by atoms with van der Waals surface area (Å²) in [6, 6.07) is 10.6. The van der Waals surface area contributed by atoms with Crippen molar-refractivity contribution in [3.8, 4) is 5.75 Å². The van der Waals surface area contributed by atoms with Gasteiger partial charge in [0.2, 0.25) is 0 Å². The van der Waals surface area contributed by atoms with Crippen molar-refractivity contribution < 1.29 is 18.3 Å². The number of ether oxygens (including phenoxy) is 1. The lowest BCUT2D eigenvalue weighted by molar-refractivity contribution is 0.0953. The zero-order valence-electron chi connectivity index (χ0n) is 11.5. The van der Waals surface area contributed by atoms with E-state index in [1.807, 2.05) is 24.3 Å². The molecule has 1 N–H and O–H groups in total. The molecular weight excluding hydrogens is 276 g/mol. The van der Waals surface area contributed by atoms with E-state index in [4.69, 9.17) is 4.74 Å². The van der Waals surface area contributed by atoms with E-state index in [1.165, 1.54) is 6.07 Å². The number of amides is 1. The first-order chi connectivity index (χ1) is 10.1. The predicted octanol–water partition coefficient (Wildman–Crippen LogP) is 2.95. The molecule has 110 valence electrons. The van der Waals surface area contributed by atoms with Crippen molar-refractivity contribution in [1.82, 2.24) is 5.32 Å². The maximum Gasteiger partial charge on any atom is 0.251 e. The largest absolute Gasteiger partial charge is 0.496 e. The summed E-state index contributed by atoms with van der Waals surface area (Å²) in [5.41, 5.74) is 1.06. The maximum absolute atomic E-state index is 13.1.